The zero-order valence-corrected chi connectivity index (χ0v) is 19.4. The molecule has 1 saturated carbocycles. The van der Waals surface area contributed by atoms with Crippen LogP contribution >= 0.6 is 0 Å². The summed E-state index contributed by atoms with van der Waals surface area (Å²) in [7, 11) is 5.61. The van der Waals surface area contributed by atoms with Gasteiger partial charge in [-0.1, -0.05) is 31.0 Å². The highest BCUT2D eigenvalue weighted by Crippen LogP contribution is 2.44. The fraction of sp³-hybridized carbons (Fsp3) is 0.583. The monoisotopic (exact) mass is 411 g/mol. The lowest BCUT2D eigenvalue weighted by Crippen LogP contribution is -2.47. The highest BCUT2D eigenvalue weighted by molar-refractivity contribution is 5.80. The third-order valence-corrected chi connectivity index (χ3v) is 6.61. The van der Waals surface area contributed by atoms with Crippen LogP contribution in [0.1, 0.15) is 55.1 Å². The lowest BCUT2D eigenvalue weighted by molar-refractivity contribution is 0.371. The van der Waals surface area contributed by atoms with Gasteiger partial charge in [0.25, 0.3) is 0 Å². The number of ether oxygens (including phenoxy) is 1. The van der Waals surface area contributed by atoms with E-state index in [-0.39, 0.29) is 11.5 Å². The van der Waals surface area contributed by atoms with Crippen LogP contribution in [0.2, 0.25) is 0 Å². The van der Waals surface area contributed by atoms with Crippen molar-refractivity contribution in [3.63, 3.8) is 0 Å². The van der Waals surface area contributed by atoms with Crippen molar-refractivity contribution < 1.29 is 4.74 Å². The first-order valence-electron chi connectivity index (χ1n) is 11.0. The number of rotatable bonds is 7. The molecule has 0 radical (unpaired) electrons. The van der Waals surface area contributed by atoms with Crippen LogP contribution in [0.3, 0.4) is 0 Å². The summed E-state index contributed by atoms with van der Waals surface area (Å²) in [5.41, 5.74) is 5.04. The average molecular weight is 412 g/mol. The zero-order valence-electron chi connectivity index (χ0n) is 19.4. The molecule has 30 heavy (non-hydrogen) atoms. The first-order valence-corrected chi connectivity index (χ1v) is 11.0. The van der Waals surface area contributed by atoms with Crippen LogP contribution in [-0.4, -0.2) is 42.5 Å². The van der Waals surface area contributed by atoms with E-state index in [0.29, 0.717) is 0 Å². The molecule has 164 valence electrons. The smallest absolute Gasteiger partial charge is 0.191 e. The SMILES string of the molecule is CN=C(NCC1(c2ccccc2OC)CCCC1)NC(C)Cc1c(C)nn(C)c1C. The molecule has 3 rings (SSSR count). The molecule has 2 N–H and O–H groups in total. The lowest BCUT2D eigenvalue weighted by atomic mass is 9.78. The number of nitrogens with one attached hydrogen (secondary N) is 2. The molecule has 1 aliphatic rings. The Kier molecular flexibility index (Phi) is 7.06. The summed E-state index contributed by atoms with van der Waals surface area (Å²) in [6, 6.07) is 8.71. The number of hydrogen-bond acceptors (Lipinski definition) is 3. The molecule has 1 aliphatic carbocycles. The molecule has 1 fully saturated rings. The molecule has 2 aromatic rings. The molecule has 1 aromatic heterocycles. The third-order valence-electron chi connectivity index (χ3n) is 6.61. The first-order chi connectivity index (χ1) is 14.4. The quantitative estimate of drug-likeness (QED) is 0.539. The number of aryl methyl sites for hydroxylation is 2. The number of hydrogen-bond donors (Lipinski definition) is 2. The van der Waals surface area contributed by atoms with E-state index < -0.39 is 0 Å². The Bertz CT molecular complexity index is 880. The van der Waals surface area contributed by atoms with Crippen LogP contribution in [0.25, 0.3) is 0 Å². The molecular weight excluding hydrogens is 374 g/mol. The minimum atomic E-state index is 0.0873. The van der Waals surface area contributed by atoms with Crippen molar-refractivity contribution in [2.75, 3.05) is 20.7 Å². The number of para-hydroxylation sites is 1. The summed E-state index contributed by atoms with van der Waals surface area (Å²) >= 11 is 0. The second kappa shape index (κ2) is 9.54. The molecule has 0 bridgehead atoms. The first kappa shape index (κ1) is 22.2. The van der Waals surface area contributed by atoms with Gasteiger partial charge in [0.05, 0.1) is 12.8 Å². The number of methoxy groups -OCH3 is 1. The van der Waals surface area contributed by atoms with E-state index in [1.807, 2.05) is 24.8 Å². The average Bonchev–Trinajstić information content (AvgIpc) is 3.32. The van der Waals surface area contributed by atoms with Crippen LogP contribution in [-0.2, 0) is 18.9 Å². The van der Waals surface area contributed by atoms with Crippen molar-refractivity contribution in [2.45, 2.75) is 64.3 Å². The fourth-order valence-corrected chi connectivity index (χ4v) is 4.83. The van der Waals surface area contributed by atoms with Gasteiger partial charge in [-0.2, -0.15) is 5.10 Å². The molecule has 1 aromatic carbocycles. The maximum absolute atomic E-state index is 5.69. The minimum absolute atomic E-state index is 0.0873. The molecule has 1 heterocycles. The second-order valence-corrected chi connectivity index (χ2v) is 8.64. The molecule has 6 nitrogen and oxygen atoms in total. The fourth-order valence-electron chi connectivity index (χ4n) is 4.83. The Morgan fingerprint density at radius 3 is 2.57 bits per heavy atom. The Labute approximate surface area is 181 Å². The van der Waals surface area contributed by atoms with Crippen LogP contribution in [0.5, 0.6) is 5.75 Å². The van der Waals surface area contributed by atoms with Crippen molar-refractivity contribution in [1.82, 2.24) is 20.4 Å². The topological polar surface area (TPSA) is 63.5 Å². The van der Waals surface area contributed by atoms with Crippen LogP contribution < -0.4 is 15.4 Å². The highest BCUT2D eigenvalue weighted by atomic mass is 16.5. The molecule has 0 amide bonds. The summed E-state index contributed by atoms with van der Waals surface area (Å²) in [6.07, 6.45) is 5.76. The van der Waals surface area contributed by atoms with Gasteiger partial charge in [-0.3, -0.25) is 9.67 Å². The molecule has 1 atom stereocenters. The van der Waals surface area contributed by atoms with Gasteiger partial charge in [0.2, 0.25) is 0 Å². The van der Waals surface area contributed by atoms with Crippen molar-refractivity contribution in [3.8, 4) is 5.75 Å². The van der Waals surface area contributed by atoms with Gasteiger partial charge in [0, 0.05) is 43.4 Å². The van der Waals surface area contributed by atoms with Crippen molar-refractivity contribution in [3.05, 3.63) is 46.8 Å². The van der Waals surface area contributed by atoms with E-state index >= 15 is 0 Å². The number of benzene rings is 1. The molecule has 0 spiro atoms. The largest absolute Gasteiger partial charge is 0.496 e. The van der Waals surface area contributed by atoms with E-state index in [4.69, 9.17) is 4.74 Å². The summed E-state index contributed by atoms with van der Waals surface area (Å²) in [6.45, 7) is 7.26. The minimum Gasteiger partial charge on any atom is -0.496 e. The van der Waals surface area contributed by atoms with Gasteiger partial charge in [0.1, 0.15) is 5.75 Å². The predicted octanol–water partition coefficient (Wildman–Crippen LogP) is 3.65. The van der Waals surface area contributed by atoms with Crippen molar-refractivity contribution in [2.24, 2.45) is 12.0 Å². The number of nitrogens with zero attached hydrogens (tertiary/aromatic N) is 3. The molecule has 0 saturated heterocycles. The van der Waals surface area contributed by atoms with E-state index in [1.54, 1.807) is 7.11 Å². The summed E-state index contributed by atoms with van der Waals surface area (Å²) in [4.78, 5) is 4.49. The predicted molar refractivity (Wildman–Crippen MR) is 123 cm³/mol. The third kappa shape index (κ3) is 4.63. The Hall–Kier alpha value is -2.50. The number of guanidine groups is 1. The van der Waals surface area contributed by atoms with Crippen molar-refractivity contribution in [1.29, 1.82) is 0 Å². The number of aliphatic imine (C=N–C) groups is 1. The van der Waals surface area contributed by atoms with E-state index in [0.717, 1.165) is 30.4 Å². The maximum Gasteiger partial charge on any atom is 0.191 e. The lowest BCUT2D eigenvalue weighted by Gasteiger charge is -2.32. The molecule has 6 heteroatoms. The number of aromatic nitrogens is 2. The Morgan fingerprint density at radius 1 is 1.27 bits per heavy atom. The van der Waals surface area contributed by atoms with E-state index in [1.165, 1.54) is 42.5 Å². The summed E-state index contributed by atoms with van der Waals surface area (Å²) in [5.74, 6) is 1.84. The van der Waals surface area contributed by atoms with Gasteiger partial charge in [-0.05, 0) is 51.7 Å². The highest BCUT2D eigenvalue weighted by Gasteiger charge is 2.37. The zero-order chi connectivity index (χ0) is 21.7. The summed E-state index contributed by atoms with van der Waals surface area (Å²) in [5, 5.41) is 11.7. The maximum atomic E-state index is 5.69. The molecule has 0 aliphatic heterocycles. The summed E-state index contributed by atoms with van der Waals surface area (Å²) < 4.78 is 7.65. The van der Waals surface area contributed by atoms with E-state index in [2.05, 4.69) is 59.7 Å². The van der Waals surface area contributed by atoms with Gasteiger partial charge < -0.3 is 15.4 Å². The van der Waals surface area contributed by atoms with Crippen LogP contribution in [0, 0.1) is 13.8 Å². The van der Waals surface area contributed by atoms with Gasteiger partial charge in [-0.15, -0.1) is 0 Å². The molecule has 1 unspecified atom stereocenters. The van der Waals surface area contributed by atoms with E-state index in [9.17, 15) is 0 Å². The van der Waals surface area contributed by atoms with Crippen LogP contribution in [0.15, 0.2) is 29.3 Å². The normalized spacial score (nSPS) is 17.1. The van der Waals surface area contributed by atoms with Crippen molar-refractivity contribution >= 4 is 5.96 Å². The Balaban J connectivity index is 1.67. The van der Waals surface area contributed by atoms with Gasteiger partial charge in [-0.25, -0.2) is 0 Å². The Morgan fingerprint density at radius 2 is 1.97 bits per heavy atom. The van der Waals surface area contributed by atoms with Gasteiger partial charge in [0.15, 0.2) is 5.96 Å². The van der Waals surface area contributed by atoms with Gasteiger partial charge >= 0.3 is 0 Å². The second-order valence-electron chi connectivity index (χ2n) is 8.64. The molecular formula is C24H37N5O. The standard InChI is InChI=1S/C24H37N5O/c1-17(15-20-18(2)28-29(5)19(20)3)27-23(25-4)26-16-24(13-9-10-14-24)21-11-7-8-12-22(21)30-6/h7-8,11-12,17H,9-10,13-16H2,1-6H3,(H2,25,26,27). The van der Waals surface area contributed by atoms with Crippen LogP contribution in [0.4, 0.5) is 0 Å².